The van der Waals surface area contributed by atoms with E-state index in [4.69, 9.17) is 5.73 Å². The molecule has 0 saturated heterocycles. The number of thioether (sulfide) groups is 1. The van der Waals surface area contributed by atoms with Crippen molar-refractivity contribution in [2.24, 2.45) is 5.73 Å². The zero-order chi connectivity index (χ0) is 14.1. The number of aromatic nitrogens is 4. The Balaban J connectivity index is 1.66. The molecule has 8 heteroatoms. The quantitative estimate of drug-likeness (QED) is 0.821. The van der Waals surface area contributed by atoms with Gasteiger partial charge in [-0.3, -0.25) is 9.36 Å². The van der Waals surface area contributed by atoms with Gasteiger partial charge in [0.25, 0.3) is 0 Å². The molecule has 0 aliphatic heterocycles. The fourth-order valence-corrected chi connectivity index (χ4v) is 3.82. The van der Waals surface area contributed by atoms with Gasteiger partial charge in [-0.2, -0.15) is 0 Å². The van der Waals surface area contributed by atoms with Gasteiger partial charge in [0.15, 0.2) is 5.16 Å². The van der Waals surface area contributed by atoms with Crippen molar-refractivity contribution >= 4 is 29.0 Å². The first kappa shape index (κ1) is 13.6. The van der Waals surface area contributed by atoms with Gasteiger partial charge in [0.2, 0.25) is 5.91 Å². The standard InChI is InChI=1S/C12H15N5OS2/c1-7-15-16-12(17(7)4-10(13)18)20-6-9-5-19-11(14-9)8-2-3-8/h5,8H,2-4,6H2,1H3,(H2,13,18). The Kier molecular flexibility index (Phi) is 3.75. The lowest BCUT2D eigenvalue weighted by Gasteiger charge is -2.04. The Bertz CT molecular complexity index is 632. The average molecular weight is 309 g/mol. The molecule has 0 unspecified atom stereocenters. The summed E-state index contributed by atoms with van der Waals surface area (Å²) in [5.41, 5.74) is 6.30. The van der Waals surface area contributed by atoms with E-state index in [0.717, 1.165) is 11.4 Å². The molecular weight excluding hydrogens is 294 g/mol. The topological polar surface area (TPSA) is 86.7 Å². The number of nitrogens with two attached hydrogens (primary N) is 1. The molecule has 0 atom stereocenters. The minimum atomic E-state index is -0.389. The van der Waals surface area contributed by atoms with E-state index in [0.29, 0.717) is 16.9 Å². The Hall–Kier alpha value is -1.41. The Morgan fingerprint density at radius 3 is 3.05 bits per heavy atom. The predicted molar refractivity (Wildman–Crippen MR) is 77.6 cm³/mol. The number of rotatable bonds is 6. The second kappa shape index (κ2) is 5.53. The molecule has 0 bridgehead atoms. The third-order valence-corrected chi connectivity index (χ3v) is 5.12. The molecule has 2 N–H and O–H groups in total. The number of hydrogen-bond donors (Lipinski definition) is 1. The molecule has 2 heterocycles. The maximum Gasteiger partial charge on any atom is 0.237 e. The molecule has 1 aliphatic rings. The summed E-state index contributed by atoms with van der Waals surface area (Å²) in [6.45, 7) is 1.93. The van der Waals surface area contributed by atoms with Crippen LogP contribution in [0.15, 0.2) is 10.5 Å². The highest BCUT2D eigenvalue weighted by Crippen LogP contribution is 2.41. The summed E-state index contributed by atoms with van der Waals surface area (Å²) in [6, 6.07) is 0. The molecule has 3 rings (SSSR count). The first-order valence-electron chi connectivity index (χ1n) is 6.38. The van der Waals surface area contributed by atoms with Crippen LogP contribution in [0, 0.1) is 6.92 Å². The molecular formula is C12H15N5OS2. The van der Waals surface area contributed by atoms with Gasteiger partial charge < -0.3 is 5.73 Å². The molecule has 20 heavy (non-hydrogen) atoms. The number of primary amides is 1. The molecule has 0 aromatic carbocycles. The summed E-state index contributed by atoms with van der Waals surface area (Å²) in [7, 11) is 0. The van der Waals surface area contributed by atoms with Gasteiger partial charge in [0.05, 0.1) is 10.7 Å². The van der Waals surface area contributed by atoms with E-state index in [1.54, 1.807) is 15.9 Å². The number of hydrogen-bond acceptors (Lipinski definition) is 6. The van der Waals surface area contributed by atoms with E-state index >= 15 is 0 Å². The van der Waals surface area contributed by atoms with Gasteiger partial charge in [-0.1, -0.05) is 11.8 Å². The second-order valence-corrected chi connectivity index (χ2v) is 6.65. The zero-order valence-electron chi connectivity index (χ0n) is 11.1. The molecule has 6 nitrogen and oxygen atoms in total. The molecule has 106 valence electrons. The van der Waals surface area contributed by atoms with Crippen molar-refractivity contribution in [2.45, 2.75) is 43.1 Å². The molecule has 0 radical (unpaired) electrons. The lowest BCUT2D eigenvalue weighted by atomic mass is 10.4. The first-order valence-corrected chi connectivity index (χ1v) is 8.25. The molecule has 1 saturated carbocycles. The lowest BCUT2D eigenvalue weighted by molar-refractivity contribution is -0.118. The van der Waals surface area contributed by atoms with E-state index in [9.17, 15) is 4.79 Å². The van der Waals surface area contributed by atoms with Gasteiger partial charge in [-0.05, 0) is 19.8 Å². The fourth-order valence-electron chi connectivity index (χ4n) is 1.85. The summed E-state index contributed by atoms with van der Waals surface area (Å²) < 4.78 is 1.74. The van der Waals surface area contributed by atoms with Crippen LogP contribution in [0.1, 0.15) is 35.3 Å². The summed E-state index contributed by atoms with van der Waals surface area (Å²) in [5, 5.41) is 12.1. The molecule has 0 spiro atoms. The largest absolute Gasteiger partial charge is 0.368 e. The number of amides is 1. The Labute approximate surface area is 124 Å². The zero-order valence-corrected chi connectivity index (χ0v) is 12.7. The SMILES string of the molecule is Cc1nnc(SCc2csc(C3CC3)n2)n1CC(N)=O. The summed E-state index contributed by atoms with van der Waals surface area (Å²) in [4.78, 5) is 15.7. The summed E-state index contributed by atoms with van der Waals surface area (Å²) >= 11 is 3.27. The third-order valence-electron chi connectivity index (χ3n) is 3.06. The summed E-state index contributed by atoms with van der Waals surface area (Å²) in [6.07, 6.45) is 2.54. The molecule has 1 fully saturated rings. The van der Waals surface area contributed by atoms with Gasteiger partial charge in [0, 0.05) is 17.1 Å². The molecule has 2 aromatic heterocycles. The van der Waals surface area contributed by atoms with Gasteiger partial charge in [-0.25, -0.2) is 4.98 Å². The van der Waals surface area contributed by atoms with Gasteiger partial charge >= 0.3 is 0 Å². The molecule has 1 amide bonds. The number of carbonyl (C=O) groups excluding carboxylic acids is 1. The van der Waals surface area contributed by atoms with Crippen molar-refractivity contribution in [2.75, 3.05) is 0 Å². The van der Waals surface area contributed by atoms with Crippen LogP contribution in [0.5, 0.6) is 0 Å². The lowest BCUT2D eigenvalue weighted by Crippen LogP contribution is -2.20. The highest BCUT2D eigenvalue weighted by Gasteiger charge is 2.26. The summed E-state index contributed by atoms with van der Waals surface area (Å²) in [5.74, 6) is 1.74. The first-order chi connectivity index (χ1) is 9.63. The van der Waals surface area contributed by atoms with E-state index in [2.05, 4.69) is 20.6 Å². The highest BCUT2D eigenvalue weighted by molar-refractivity contribution is 7.98. The van der Waals surface area contributed by atoms with Crippen LogP contribution in [0.25, 0.3) is 0 Å². The van der Waals surface area contributed by atoms with E-state index in [-0.39, 0.29) is 12.5 Å². The van der Waals surface area contributed by atoms with Crippen LogP contribution in [-0.2, 0) is 17.1 Å². The van der Waals surface area contributed by atoms with Crippen LogP contribution in [0.3, 0.4) is 0 Å². The van der Waals surface area contributed by atoms with Crippen molar-refractivity contribution < 1.29 is 4.79 Å². The predicted octanol–water partition coefficient (Wildman–Crippen LogP) is 1.70. The third kappa shape index (κ3) is 3.01. The minimum Gasteiger partial charge on any atom is -0.368 e. The van der Waals surface area contributed by atoms with Crippen LogP contribution in [0.4, 0.5) is 0 Å². The Morgan fingerprint density at radius 1 is 1.55 bits per heavy atom. The van der Waals surface area contributed by atoms with Gasteiger partial charge in [-0.15, -0.1) is 21.5 Å². The smallest absolute Gasteiger partial charge is 0.237 e. The van der Waals surface area contributed by atoms with Crippen molar-refractivity contribution in [3.05, 3.63) is 21.9 Å². The fraction of sp³-hybridized carbons (Fsp3) is 0.500. The number of aryl methyl sites for hydroxylation is 1. The number of thiazole rings is 1. The maximum atomic E-state index is 11.1. The van der Waals surface area contributed by atoms with Gasteiger partial charge in [0.1, 0.15) is 12.4 Å². The minimum absolute atomic E-state index is 0.117. The Morgan fingerprint density at radius 2 is 2.35 bits per heavy atom. The molecule has 2 aromatic rings. The van der Waals surface area contributed by atoms with Crippen molar-refractivity contribution in [1.29, 1.82) is 0 Å². The van der Waals surface area contributed by atoms with E-state index in [1.807, 2.05) is 6.92 Å². The van der Waals surface area contributed by atoms with Crippen LogP contribution >= 0.6 is 23.1 Å². The monoisotopic (exact) mass is 309 g/mol. The average Bonchev–Trinajstić information content (AvgIpc) is 3.06. The normalized spacial score (nSPS) is 14.7. The van der Waals surface area contributed by atoms with Crippen LogP contribution in [-0.4, -0.2) is 25.7 Å². The highest BCUT2D eigenvalue weighted by atomic mass is 32.2. The number of nitrogens with zero attached hydrogens (tertiary/aromatic N) is 4. The second-order valence-electron chi connectivity index (χ2n) is 4.82. The van der Waals surface area contributed by atoms with Crippen molar-refractivity contribution in [3.63, 3.8) is 0 Å². The van der Waals surface area contributed by atoms with Crippen LogP contribution < -0.4 is 5.73 Å². The van der Waals surface area contributed by atoms with Crippen molar-refractivity contribution in [3.8, 4) is 0 Å². The number of carbonyl (C=O) groups is 1. The van der Waals surface area contributed by atoms with E-state index < -0.39 is 0 Å². The van der Waals surface area contributed by atoms with Crippen molar-refractivity contribution in [1.82, 2.24) is 19.7 Å². The van der Waals surface area contributed by atoms with Crippen LogP contribution in [0.2, 0.25) is 0 Å². The van der Waals surface area contributed by atoms with E-state index in [1.165, 1.54) is 29.6 Å². The maximum absolute atomic E-state index is 11.1. The molecule has 1 aliphatic carbocycles.